The molecular formula is C15H22N2O. The highest BCUT2D eigenvalue weighted by atomic mass is 16.3. The molecule has 3 rings (SSSR count). The summed E-state index contributed by atoms with van der Waals surface area (Å²) in [7, 11) is 0. The molecule has 1 heterocycles. The summed E-state index contributed by atoms with van der Waals surface area (Å²) in [5.74, 6) is 2.26. The van der Waals surface area contributed by atoms with Crippen molar-refractivity contribution in [1.29, 1.82) is 0 Å². The van der Waals surface area contributed by atoms with Crippen LogP contribution in [0.4, 0.5) is 0 Å². The second-order valence-electron chi connectivity index (χ2n) is 5.65. The molecule has 1 aromatic carbocycles. The van der Waals surface area contributed by atoms with Crippen LogP contribution in [-0.4, -0.2) is 35.7 Å². The monoisotopic (exact) mass is 246 g/mol. The van der Waals surface area contributed by atoms with Crippen LogP contribution in [0.2, 0.25) is 0 Å². The van der Waals surface area contributed by atoms with E-state index in [9.17, 15) is 5.11 Å². The lowest BCUT2D eigenvalue weighted by atomic mass is 10.1. The SMILES string of the molecule is NCCC1C2CN(Cc3ccccc3)[C@H](CO)C12. The van der Waals surface area contributed by atoms with Crippen LogP contribution in [0, 0.1) is 17.8 Å². The van der Waals surface area contributed by atoms with Gasteiger partial charge in [0.25, 0.3) is 0 Å². The molecule has 1 aliphatic heterocycles. The average molecular weight is 246 g/mol. The van der Waals surface area contributed by atoms with Gasteiger partial charge < -0.3 is 10.8 Å². The van der Waals surface area contributed by atoms with Crippen LogP contribution in [0.25, 0.3) is 0 Å². The van der Waals surface area contributed by atoms with Gasteiger partial charge >= 0.3 is 0 Å². The molecule has 2 aliphatic rings. The molecule has 0 spiro atoms. The lowest BCUT2D eigenvalue weighted by molar-refractivity contribution is 0.121. The summed E-state index contributed by atoms with van der Waals surface area (Å²) in [6, 6.07) is 10.9. The Kier molecular flexibility index (Phi) is 3.37. The second-order valence-corrected chi connectivity index (χ2v) is 5.65. The molecule has 0 amide bonds. The molecule has 2 fully saturated rings. The minimum Gasteiger partial charge on any atom is -0.395 e. The van der Waals surface area contributed by atoms with Crippen LogP contribution in [0.1, 0.15) is 12.0 Å². The summed E-state index contributed by atoms with van der Waals surface area (Å²) in [6.07, 6.45) is 1.13. The van der Waals surface area contributed by atoms with E-state index < -0.39 is 0 Å². The highest BCUT2D eigenvalue weighted by Crippen LogP contribution is 2.56. The fraction of sp³-hybridized carbons (Fsp3) is 0.600. The highest BCUT2D eigenvalue weighted by molar-refractivity contribution is 5.17. The zero-order chi connectivity index (χ0) is 12.5. The Morgan fingerprint density at radius 1 is 1.28 bits per heavy atom. The Hall–Kier alpha value is -0.900. The Bertz CT molecular complexity index is 395. The van der Waals surface area contributed by atoms with Crippen molar-refractivity contribution in [1.82, 2.24) is 4.90 Å². The highest BCUT2D eigenvalue weighted by Gasteiger charge is 2.59. The molecule has 18 heavy (non-hydrogen) atoms. The van der Waals surface area contributed by atoms with Crippen LogP contribution in [0.15, 0.2) is 30.3 Å². The van der Waals surface area contributed by atoms with Gasteiger partial charge in [-0.1, -0.05) is 30.3 Å². The average Bonchev–Trinajstić information content (AvgIpc) is 2.92. The maximum atomic E-state index is 9.62. The normalized spacial score (nSPS) is 34.6. The Balaban J connectivity index is 1.63. The maximum absolute atomic E-state index is 9.62. The molecule has 0 bridgehead atoms. The molecule has 4 atom stereocenters. The van der Waals surface area contributed by atoms with Gasteiger partial charge in [0.1, 0.15) is 0 Å². The third kappa shape index (κ3) is 2.07. The van der Waals surface area contributed by atoms with E-state index in [0.717, 1.165) is 37.9 Å². The van der Waals surface area contributed by atoms with Crippen molar-refractivity contribution in [3.8, 4) is 0 Å². The van der Waals surface area contributed by atoms with Crippen molar-refractivity contribution in [3.63, 3.8) is 0 Å². The number of likely N-dealkylation sites (tertiary alicyclic amines) is 1. The summed E-state index contributed by atoms with van der Waals surface area (Å²) >= 11 is 0. The van der Waals surface area contributed by atoms with E-state index in [-0.39, 0.29) is 6.61 Å². The van der Waals surface area contributed by atoms with E-state index in [4.69, 9.17) is 5.73 Å². The molecule has 0 aromatic heterocycles. The predicted octanol–water partition coefficient (Wildman–Crippen LogP) is 1.07. The van der Waals surface area contributed by atoms with Gasteiger partial charge in [0.2, 0.25) is 0 Å². The molecule has 3 unspecified atom stereocenters. The predicted molar refractivity (Wildman–Crippen MR) is 71.9 cm³/mol. The quantitative estimate of drug-likeness (QED) is 0.817. The maximum Gasteiger partial charge on any atom is 0.0589 e. The van der Waals surface area contributed by atoms with Crippen LogP contribution in [0.3, 0.4) is 0 Å². The molecule has 1 saturated heterocycles. The van der Waals surface area contributed by atoms with Crippen LogP contribution < -0.4 is 5.73 Å². The first-order valence-electron chi connectivity index (χ1n) is 6.94. The van der Waals surface area contributed by atoms with Crippen molar-refractivity contribution in [2.45, 2.75) is 19.0 Å². The largest absolute Gasteiger partial charge is 0.395 e. The lowest BCUT2D eigenvalue weighted by Gasteiger charge is -2.27. The van der Waals surface area contributed by atoms with Crippen molar-refractivity contribution in [2.24, 2.45) is 23.5 Å². The summed E-state index contributed by atoms with van der Waals surface area (Å²) in [5.41, 5.74) is 6.98. The van der Waals surface area contributed by atoms with Gasteiger partial charge in [0, 0.05) is 19.1 Å². The molecule has 0 radical (unpaired) electrons. The van der Waals surface area contributed by atoms with Gasteiger partial charge in [0.15, 0.2) is 0 Å². The van der Waals surface area contributed by atoms with Gasteiger partial charge in [-0.25, -0.2) is 0 Å². The van der Waals surface area contributed by atoms with Gasteiger partial charge in [0.05, 0.1) is 6.61 Å². The van der Waals surface area contributed by atoms with Gasteiger partial charge in [-0.2, -0.15) is 0 Å². The van der Waals surface area contributed by atoms with Gasteiger partial charge in [-0.05, 0) is 36.3 Å². The number of nitrogens with zero attached hydrogens (tertiary/aromatic N) is 1. The number of rotatable bonds is 5. The fourth-order valence-electron chi connectivity index (χ4n) is 3.79. The number of benzene rings is 1. The number of aliphatic hydroxyl groups excluding tert-OH is 1. The van der Waals surface area contributed by atoms with E-state index in [1.807, 2.05) is 6.07 Å². The minimum absolute atomic E-state index is 0.287. The van der Waals surface area contributed by atoms with Crippen molar-refractivity contribution < 1.29 is 5.11 Å². The summed E-state index contributed by atoms with van der Waals surface area (Å²) < 4.78 is 0. The molecule has 3 nitrogen and oxygen atoms in total. The van der Waals surface area contributed by atoms with Gasteiger partial charge in [-0.3, -0.25) is 4.90 Å². The molecule has 1 aromatic rings. The number of fused-ring (bicyclic) bond motifs is 1. The third-order valence-electron chi connectivity index (χ3n) is 4.67. The van der Waals surface area contributed by atoms with E-state index in [1.54, 1.807) is 0 Å². The van der Waals surface area contributed by atoms with Crippen LogP contribution >= 0.6 is 0 Å². The van der Waals surface area contributed by atoms with E-state index in [2.05, 4.69) is 29.2 Å². The Labute approximate surface area is 109 Å². The number of hydrogen-bond acceptors (Lipinski definition) is 3. The Morgan fingerprint density at radius 2 is 2.06 bits per heavy atom. The summed E-state index contributed by atoms with van der Waals surface area (Å²) in [5, 5.41) is 9.62. The van der Waals surface area contributed by atoms with Crippen molar-refractivity contribution >= 4 is 0 Å². The zero-order valence-corrected chi connectivity index (χ0v) is 10.7. The Morgan fingerprint density at radius 3 is 2.72 bits per heavy atom. The first-order valence-corrected chi connectivity index (χ1v) is 6.94. The van der Waals surface area contributed by atoms with Gasteiger partial charge in [-0.15, -0.1) is 0 Å². The first-order chi connectivity index (χ1) is 8.85. The van der Waals surface area contributed by atoms with Crippen LogP contribution in [0.5, 0.6) is 0 Å². The first kappa shape index (κ1) is 12.2. The molecular weight excluding hydrogens is 224 g/mol. The fourth-order valence-corrected chi connectivity index (χ4v) is 3.79. The van der Waals surface area contributed by atoms with Crippen molar-refractivity contribution in [3.05, 3.63) is 35.9 Å². The number of aliphatic hydroxyl groups is 1. The standard InChI is InChI=1S/C15H22N2O/c16-7-6-12-13-9-17(14(10-18)15(12)13)8-11-4-2-1-3-5-11/h1-5,12-15,18H,6-10,16H2/t12?,13?,14-,15?/m1/s1. The third-order valence-corrected chi connectivity index (χ3v) is 4.67. The van der Waals surface area contributed by atoms with Crippen molar-refractivity contribution in [2.75, 3.05) is 19.7 Å². The number of piperidine rings is 1. The smallest absolute Gasteiger partial charge is 0.0589 e. The zero-order valence-electron chi connectivity index (χ0n) is 10.7. The molecule has 3 heteroatoms. The lowest BCUT2D eigenvalue weighted by Crippen LogP contribution is -2.37. The second kappa shape index (κ2) is 5.00. The molecule has 3 N–H and O–H groups in total. The molecule has 1 saturated carbocycles. The van der Waals surface area contributed by atoms with Crippen LogP contribution in [-0.2, 0) is 6.54 Å². The summed E-state index contributed by atoms with van der Waals surface area (Å²) in [4.78, 5) is 2.44. The van der Waals surface area contributed by atoms with E-state index in [1.165, 1.54) is 5.56 Å². The molecule has 1 aliphatic carbocycles. The van der Waals surface area contributed by atoms with E-state index >= 15 is 0 Å². The van der Waals surface area contributed by atoms with E-state index in [0.29, 0.717) is 12.0 Å². The topological polar surface area (TPSA) is 49.5 Å². The summed E-state index contributed by atoms with van der Waals surface area (Å²) in [6.45, 7) is 3.17. The number of nitrogens with two attached hydrogens (primary N) is 1. The minimum atomic E-state index is 0.287. The number of hydrogen-bond donors (Lipinski definition) is 2. The molecule has 98 valence electrons.